The number of rotatable bonds is 7. The summed E-state index contributed by atoms with van der Waals surface area (Å²) in [4.78, 5) is 19.3. The third-order valence-corrected chi connectivity index (χ3v) is 7.15. The summed E-state index contributed by atoms with van der Waals surface area (Å²) in [6.45, 7) is 4.58. The Morgan fingerprint density at radius 3 is 2.56 bits per heavy atom. The number of halogens is 1. The number of nitrogens with one attached hydrogen (secondary N) is 1. The minimum absolute atomic E-state index is 0.0204. The average molecular weight is 485 g/mol. The summed E-state index contributed by atoms with van der Waals surface area (Å²) in [5, 5.41) is -0.351. The predicted octanol–water partition coefficient (Wildman–Crippen LogP) is 2.94. The van der Waals surface area contributed by atoms with E-state index < -0.39 is 21.5 Å². The minimum atomic E-state index is -4.28. The number of ether oxygens (including phenoxy) is 1. The molecule has 3 N–H and O–H groups in total. The highest BCUT2D eigenvalue weighted by Crippen LogP contribution is 2.44. The lowest BCUT2D eigenvalue weighted by Crippen LogP contribution is -2.52. The molecule has 0 spiro atoms. The maximum atomic E-state index is 13.6. The third kappa shape index (κ3) is 4.34. The average Bonchev–Trinajstić information content (AvgIpc) is 3.09. The van der Waals surface area contributed by atoms with Gasteiger partial charge in [-0.2, -0.15) is 8.42 Å². The molecule has 2 heterocycles. The Balaban J connectivity index is 1.74. The fraction of sp³-hybridized carbons (Fsp3) is 0.250. The van der Waals surface area contributed by atoms with Crippen LogP contribution in [-0.2, 0) is 33.4 Å². The van der Waals surface area contributed by atoms with Crippen molar-refractivity contribution in [3.05, 3.63) is 83.2 Å². The highest BCUT2D eigenvalue weighted by atomic mass is 32.2. The molecule has 1 amide bonds. The van der Waals surface area contributed by atoms with Gasteiger partial charge in [-0.1, -0.05) is 30.3 Å². The zero-order chi connectivity index (χ0) is 24.5. The molecular formula is C24H25FN4O4S. The Hall–Kier alpha value is -3.50. The van der Waals surface area contributed by atoms with E-state index in [2.05, 4.69) is 9.71 Å². The van der Waals surface area contributed by atoms with Crippen molar-refractivity contribution in [1.82, 2.24) is 14.6 Å². The first kappa shape index (κ1) is 23.7. The first-order valence-electron chi connectivity index (χ1n) is 10.7. The van der Waals surface area contributed by atoms with E-state index in [1.807, 2.05) is 17.9 Å². The summed E-state index contributed by atoms with van der Waals surface area (Å²) in [5.74, 6) is -0.465. The Kier molecular flexibility index (Phi) is 6.28. The van der Waals surface area contributed by atoms with Crippen LogP contribution in [0.5, 0.6) is 5.75 Å². The number of nitrogen functional groups attached to an aromatic ring is 1. The Morgan fingerprint density at radius 2 is 1.88 bits per heavy atom. The molecule has 2 aromatic carbocycles. The van der Waals surface area contributed by atoms with Crippen LogP contribution in [-0.4, -0.2) is 30.8 Å². The molecule has 4 rings (SSSR count). The lowest BCUT2D eigenvalue weighted by molar-refractivity contribution is -0.131. The second-order valence-corrected chi connectivity index (χ2v) is 9.73. The molecule has 0 saturated heterocycles. The van der Waals surface area contributed by atoms with Crippen molar-refractivity contribution >= 4 is 21.7 Å². The summed E-state index contributed by atoms with van der Waals surface area (Å²) in [6, 6.07) is 15.5. The molecule has 8 nitrogen and oxygen atoms in total. The molecule has 1 atom stereocenters. The smallest absolute Gasteiger partial charge is 0.281 e. The van der Waals surface area contributed by atoms with Crippen molar-refractivity contribution < 1.29 is 22.3 Å². The van der Waals surface area contributed by atoms with Crippen LogP contribution in [0.15, 0.2) is 65.7 Å². The van der Waals surface area contributed by atoms with Gasteiger partial charge in [0.1, 0.15) is 22.9 Å². The van der Waals surface area contributed by atoms with Crippen LogP contribution in [0, 0.1) is 5.82 Å². The maximum Gasteiger partial charge on any atom is 0.281 e. The highest BCUT2D eigenvalue weighted by molar-refractivity contribution is 7.90. The van der Waals surface area contributed by atoms with Gasteiger partial charge in [-0.15, -0.1) is 0 Å². The van der Waals surface area contributed by atoms with E-state index in [1.165, 1.54) is 30.3 Å². The van der Waals surface area contributed by atoms with Gasteiger partial charge in [-0.25, -0.2) is 14.1 Å². The van der Waals surface area contributed by atoms with Crippen molar-refractivity contribution in [2.45, 2.75) is 37.5 Å². The van der Waals surface area contributed by atoms with E-state index in [-0.39, 0.29) is 23.2 Å². The number of carbonyl (C=O) groups is 1. The number of hydrogen-bond donors (Lipinski definition) is 2. The Morgan fingerprint density at radius 1 is 1.18 bits per heavy atom. The molecule has 10 heteroatoms. The van der Waals surface area contributed by atoms with E-state index in [0.29, 0.717) is 24.5 Å². The van der Waals surface area contributed by atoms with Gasteiger partial charge in [0.15, 0.2) is 5.03 Å². The maximum absolute atomic E-state index is 13.6. The predicted molar refractivity (Wildman–Crippen MR) is 125 cm³/mol. The minimum Gasteiger partial charge on any atom is -0.494 e. The van der Waals surface area contributed by atoms with Crippen LogP contribution in [0.3, 0.4) is 0 Å². The zero-order valence-corrected chi connectivity index (χ0v) is 19.6. The van der Waals surface area contributed by atoms with Crippen LogP contribution in [0.1, 0.15) is 30.5 Å². The molecule has 178 valence electrons. The molecule has 1 aliphatic rings. The van der Waals surface area contributed by atoms with Crippen molar-refractivity contribution in [2.24, 2.45) is 0 Å². The van der Waals surface area contributed by atoms with Crippen LogP contribution in [0.4, 0.5) is 10.2 Å². The van der Waals surface area contributed by atoms with Gasteiger partial charge < -0.3 is 10.5 Å². The SMILES string of the molecule is CCOc1cccc2c1CN(Cc1ccc(F)cc1)C2(C)C(=O)NS(=O)(=O)c1cccc(N)n1. The summed E-state index contributed by atoms with van der Waals surface area (Å²) >= 11 is 0. The molecular weight excluding hydrogens is 459 g/mol. The quantitative estimate of drug-likeness (QED) is 0.530. The number of pyridine rings is 1. The second-order valence-electron chi connectivity index (χ2n) is 8.11. The molecule has 0 bridgehead atoms. The van der Waals surface area contributed by atoms with Crippen molar-refractivity contribution in [3.63, 3.8) is 0 Å². The fourth-order valence-corrected chi connectivity index (χ4v) is 5.17. The molecule has 0 fully saturated rings. The molecule has 0 radical (unpaired) electrons. The van der Waals surface area contributed by atoms with E-state index in [4.69, 9.17) is 10.5 Å². The number of hydrogen-bond acceptors (Lipinski definition) is 7. The standard InChI is InChI=1S/C24H25FN4O4S/c1-3-33-20-7-4-6-19-18(20)15-29(14-16-10-12-17(25)13-11-16)24(19,2)23(30)28-34(31,32)22-9-5-8-21(26)27-22/h4-13H,3,14-15H2,1-2H3,(H2,26,27)(H,28,30). The lowest BCUT2D eigenvalue weighted by atomic mass is 9.90. The Bertz CT molecular complexity index is 1330. The van der Waals surface area contributed by atoms with Gasteiger partial charge in [-0.05, 0) is 55.3 Å². The molecule has 34 heavy (non-hydrogen) atoms. The van der Waals surface area contributed by atoms with Crippen LogP contribution in [0.2, 0.25) is 0 Å². The number of nitrogens with two attached hydrogens (primary N) is 1. The second kappa shape index (κ2) is 9.03. The van der Waals surface area contributed by atoms with E-state index in [0.717, 1.165) is 11.1 Å². The molecule has 3 aromatic rings. The van der Waals surface area contributed by atoms with Gasteiger partial charge in [0.25, 0.3) is 15.9 Å². The van der Waals surface area contributed by atoms with Gasteiger partial charge in [0.2, 0.25) is 0 Å². The molecule has 1 unspecified atom stereocenters. The lowest BCUT2D eigenvalue weighted by Gasteiger charge is -2.34. The number of aromatic nitrogens is 1. The van der Waals surface area contributed by atoms with E-state index in [1.54, 1.807) is 31.2 Å². The summed E-state index contributed by atoms with van der Waals surface area (Å²) in [6.07, 6.45) is 0. The normalized spacial score (nSPS) is 17.9. The number of carbonyl (C=O) groups excluding carboxylic acids is 1. The zero-order valence-electron chi connectivity index (χ0n) is 18.8. The molecule has 1 aliphatic heterocycles. The van der Waals surface area contributed by atoms with E-state index >= 15 is 0 Å². The molecule has 1 aromatic heterocycles. The number of fused-ring (bicyclic) bond motifs is 1. The van der Waals surface area contributed by atoms with Gasteiger partial charge in [0, 0.05) is 18.7 Å². The van der Waals surface area contributed by atoms with Gasteiger partial charge in [0.05, 0.1) is 6.61 Å². The van der Waals surface area contributed by atoms with E-state index in [9.17, 15) is 17.6 Å². The highest BCUT2D eigenvalue weighted by Gasteiger charge is 2.49. The fourth-order valence-electron chi connectivity index (χ4n) is 4.14. The first-order valence-corrected chi connectivity index (χ1v) is 12.2. The molecule has 0 saturated carbocycles. The van der Waals surface area contributed by atoms with Crippen molar-refractivity contribution in [1.29, 1.82) is 0 Å². The van der Waals surface area contributed by atoms with Crippen LogP contribution >= 0.6 is 0 Å². The van der Waals surface area contributed by atoms with Gasteiger partial charge in [-0.3, -0.25) is 9.69 Å². The third-order valence-electron chi connectivity index (χ3n) is 5.92. The largest absolute Gasteiger partial charge is 0.494 e. The van der Waals surface area contributed by atoms with Crippen LogP contribution < -0.4 is 15.2 Å². The van der Waals surface area contributed by atoms with Crippen molar-refractivity contribution in [3.8, 4) is 5.75 Å². The summed E-state index contributed by atoms with van der Waals surface area (Å²) < 4.78 is 47.3. The summed E-state index contributed by atoms with van der Waals surface area (Å²) in [5.41, 5.74) is 6.47. The summed E-state index contributed by atoms with van der Waals surface area (Å²) in [7, 11) is -4.28. The Labute approximate surface area is 197 Å². The van der Waals surface area contributed by atoms with Crippen molar-refractivity contribution in [2.75, 3.05) is 12.3 Å². The molecule has 0 aliphatic carbocycles. The monoisotopic (exact) mass is 484 g/mol. The number of benzene rings is 2. The number of nitrogens with zero attached hydrogens (tertiary/aromatic N) is 2. The first-order chi connectivity index (χ1) is 16.1. The number of anilines is 1. The number of sulfonamides is 1. The topological polar surface area (TPSA) is 115 Å². The number of amides is 1. The van der Waals surface area contributed by atoms with Gasteiger partial charge >= 0.3 is 0 Å². The van der Waals surface area contributed by atoms with Crippen LogP contribution in [0.25, 0.3) is 0 Å².